The first-order valence-corrected chi connectivity index (χ1v) is 10.9. The van der Waals surface area contributed by atoms with Crippen molar-refractivity contribution in [3.05, 3.63) is 16.2 Å². The first kappa shape index (κ1) is 19.3. The molecule has 0 saturated carbocycles. The Morgan fingerprint density at radius 1 is 1.22 bits per heavy atom. The molecule has 4 heterocycles. The van der Waals surface area contributed by atoms with E-state index in [0.717, 1.165) is 61.3 Å². The van der Waals surface area contributed by atoms with Crippen LogP contribution in [0.1, 0.15) is 17.7 Å². The van der Waals surface area contributed by atoms with Gasteiger partial charge in [0.05, 0.1) is 23.4 Å². The number of morpholine rings is 1. The zero-order valence-electron chi connectivity index (χ0n) is 16.2. The van der Waals surface area contributed by atoms with Gasteiger partial charge in [0.2, 0.25) is 5.28 Å². The lowest BCUT2D eigenvalue weighted by molar-refractivity contribution is 0.122. The molecule has 0 bridgehead atoms. The average Bonchev–Trinajstić information content (AvgIpc) is 3.05. The molecule has 0 N–H and O–H groups in total. The average molecular weight is 410 g/mol. The van der Waals surface area contributed by atoms with Crippen molar-refractivity contribution in [1.29, 1.82) is 0 Å². The molecule has 27 heavy (non-hydrogen) atoms. The van der Waals surface area contributed by atoms with Crippen LogP contribution in [0.3, 0.4) is 0 Å². The van der Waals surface area contributed by atoms with Gasteiger partial charge in [-0.2, -0.15) is 4.98 Å². The van der Waals surface area contributed by atoms with Crippen molar-refractivity contribution in [3.63, 3.8) is 0 Å². The molecule has 2 aliphatic rings. The summed E-state index contributed by atoms with van der Waals surface area (Å²) in [6.07, 6.45) is 2.60. The summed E-state index contributed by atoms with van der Waals surface area (Å²) in [7, 11) is 4.44. The minimum atomic E-state index is 0.327. The second-order valence-electron chi connectivity index (χ2n) is 7.79. The number of likely N-dealkylation sites (tertiary alicyclic amines) is 1. The van der Waals surface area contributed by atoms with Crippen LogP contribution in [0.4, 0.5) is 5.82 Å². The Morgan fingerprint density at radius 3 is 2.70 bits per heavy atom. The highest BCUT2D eigenvalue weighted by atomic mass is 35.5. The number of thiophene rings is 1. The Kier molecular flexibility index (Phi) is 6.14. The van der Waals surface area contributed by atoms with Gasteiger partial charge in [0.1, 0.15) is 0 Å². The molecule has 2 aromatic rings. The number of anilines is 1. The van der Waals surface area contributed by atoms with Crippen LogP contribution in [0.25, 0.3) is 10.2 Å². The van der Waals surface area contributed by atoms with Crippen molar-refractivity contribution >= 4 is 39.0 Å². The van der Waals surface area contributed by atoms with E-state index in [-0.39, 0.29) is 0 Å². The molecular weight excluding hydrogens is 382 g/mol. The highest BCUT2D eigenvalue weighted by Crippen LogP contribution is 2.34. The summed E-state index contributed by atoms with van der Waals surface area (Å²) < 4.78 is 6.62. The number of piperidine rings is 1. The standard InChI is InChI=1S/C19H28ClN5OS/c1-23-5-3-14(4-6-23)12-24(2)13-15-11-16-17(27-15)18(22-19(20)21-16)25-7-9-26-10-8-25/h11,14H,3-10,12-13H2,1-2H3. The van der Waals surface area contributed by atoms with Crippen molar-refractivity contribution in [1.82, 2.24) is 19.8 Å². The van der Waals surface area contributed by atoms with Gasteiger partial charge in [-0.3, -0.25) is 0 Å². The second kappa shape index (κ2) is 8.57. The molecule has 0 radical (unpaired) electrons. The van der Waals surface area contributed by atoms with Crippen LogP contribution in [0, 0.1) is 5.92 Å². The molecule has 6 nitrogen and oxygen atoms in total. The van der Waals surface area contributed by atoms with Crippen molar-refractivity contribution in [2.75, 3.05) is 64.9 Å². The van der Waals surface area contributed by atoms with Gasteiger partial charge in [-0.25, -0.2) is 4.98 Å². The number of nitrogens with zero attached hydrogens (tertiary/aromatic N) is 5. The fraction of sp³-hybridized carbons (Fsp3) is 0.684. The number of hydrogen-bond donors (Lipinski definition) is 0. The summed E-state index contributed by atoms with van der Waals surface area (Å²) >= 11 is 8.01. The molecule has 8 heteroatoms. The molecular formula is C19H28ClN5OS. The zero-order chi connectivity index (χ0) is 18.8. The third-order valence-corrected chi connectivity index (χ3v) is 6.80. The zero-order valence-corrected chi connectivity index (χ0v) is 17.7. The van der Waals surface area contributed by atoms with Crippen LogP contribution in [0.2, 0.25) is 5.28 Å². The van der Waals surface area contributed by atoms with Gasteiger partial charge >= 0.3 is 0 Å². The molecule has 0 unspecified atom stereocenters. The van der Waals surface area contributed by atoms with Crippen molar-refractivity contribution < 1.29 is 4.74 Å². The monoisotopic (exact) mass is 409 g/mol. The van der Waals surface area contributed by atoms with E-state index < -0.39 is 0 Å². The molecule has 0 amide bonds. The summed E-state index contributed by atoms with van der Waals surface area (Å²) in [6, 6.07) is 2.18. The van der Waals surface area contributed by atoms with Crippen LogP contribution in [0.5, 0.6) is 0 Å². The molecule has 0 atom stereocenters. The predicted octanol–water partition coefficient (Wildman–Crippen LogP) is 2.95. The molecule has 4 rings (SSSR count). The molecule has 2 fully saturated rings. The minimum Gasteiger partial charge on any atom is -0.378 e. The largest absolute Gasteiger partial charge is 0.378 e. The highest BCUT2D eigenvalue weighted by molar-refractivity contribution is 7.19. The van der Waals surface area contributed by atoms with E-state index >= 15 is 0 Å². The minimum absolute atomic E-state index is 0.327. The van der Waals surface area contributed by atoms with E-state index in [2.05, 4.69) is 44.8 Å². The number of fused-ring (bicyclic) bond motifs is 1. The summed E-state index contributed by atoms with van der Waals surface area (Å²) in [5.74, 6) is 1.77. The SMILES string of the molecule is CN1CCC(CN(C)Cc2cc3nc(Cl)nc(N4CCOCC4)c3s2)CC1. The van der Waals surface area contributed by atoms with E-state index in [0.29, 0.717) is 5.28 Å². The van der Waals surface area contributed by atoms with Gasteiger partial charge in [0, 0.05) is 31.1 Å². The fourth-order valence-electron chi connectivity index (χ4n) is 4.02. The van der Waals surface area contributed by atoms with Gasteiger partial charge < -0.3 is 19.4 Å². The smallest absolute Gasteiger partial charge is 0.224 e. The number of rotatable bonds is 5. The van der Waals surface area contributed by atoms with Gasteiger partial charge in [-0.15, -0.1) is 11.3 Å². The lowest BCUT2D eigenvalue weighted by Crippen LogP contribution is -2.36. The highest BCUT2D eigenvalue weighted by Gasteiger charge is 2.21. The maximum atomic E-state index is 6.21. The fourth-order valence-corrected chi connectivity index (χ4v) is 5.38. The summed E-state index contributed by atoms with van der Waals surface area (Å²) in [6.45, 7) is 7.73. The molecule has 0 spiro atoms. The van der Waals surface area contributed by atoms with Crippen molar-refractivity contribution in [2.45, 2.75) is 19.4 Å². The van der Waals surface area contributed by atoms with E-state index in [1.807, 2.05) is 0 Å². The predicted molar refractivity (Wildman–Crippen MR) is 112 cm³/mol. The normalized spacial score (nSPS) is 20.1. The first-order valence-electron chi connectivity index (χ1n) is 9.74. The van der Waals surface area contributed by atoms with E-state index in [9.17, 15) is 0 Å². The molecule has 2 saturated heterocycles. The third kappa shape index (κ3) is 4.71. The van der Waals surface area contributed by atoms with Crippen LogP contribution in [-0.4, -0.2) is 79.8 Å². The van der Waals surface area contributed by atoms with E-state index in [1.54, 1.807) is 11.3 Å². The Labute approximate surface area is 170 Å². The Morgan fingerprint density at radius 2 is 1.96 bits per heavy atom. The van der Waals surface area contributed by atoms with Crippen molar-refractivity contribution in [2.24, 2.45) is 5.92 Å². The molecule has 2 aliphatic heterocycles. The van der Waals surface area contributed by atoms with Crippen molar-refractivity contribution in [3.8, 4) is 0 Å². The summed E-state index contributed by atoms with van der Waals surface area (Å²) in [5, 5.41) is 0.327. The molecule has 0 aromatic carbocycles. The number of hydrogen-bond acceptors (Lipinski definition) is 7. The summed E-state index contributed by atoms with van der Waals surface area (Å²) in [5.41, 5.74) is 0.962. The third-order valence-electron chi connectivity index (χ3n) is 5.52. The maximum absolute atomic E-state index is 6.21. The van der Waals surface area contributed by atoms with E-state index in [4.69, 9.17) is 16.3 Å². The Balaban J connectivity index is 1.47. The summed E-state index contributed by atoms with van der Waals surface area (Å²) in [4.78, 5) is 17.5. The Hall–Kier alpha value is -0.990. The molecule has 148 valence electrons. The number of ether oxygens (including phenoxy) is 1. The van der Waals surface area contributed by atoms with Gasteiger partial charge in [-0.05, 0) is 63.6 Å². The van der Waals surface area contributed by atoms with Crippen LogP contribution in [-0.2, 0) is 11.3 Å². The lowest BCUT2D eigenvalue weighted by Gasteiger charge is -2.31. The van der Waals surface area contributed by atoms with Crippen LogP contribution >= 0.6 is 22.9 Å². The van der Waals surface area contributed by atoms with Gasteiger partial charge in [0.25, 0.3) is 0 Å². The van der Waals surface area contributed by atoms with Crippen LogP contribution in [0.15, 0.2) is 6.07 Å². The molecule has 0 aliphatic carbocycles. The van der Waals surface area contributed by atoms with Crippen LogP contribution < -0.4 is 4.90 Å². The second-order valence-corrected chi connectivity index (χ2v) is 9.26. The van der Waals surface area contributed by atoms with E-state index in [1.165, 1.54) is 30.8 Å². The number of aromatic nitrogens is 2. The molecule has 2 aromatic heterocycles. The van der Waals surface area contributed by atoms with Gasteiger partial charge in [0.15, 0.2) is 5.82 Å². The quantitative estimate of drug-likeness (QED) is 0.707. The lowest BCUT2D eigenvalue weighted by atomic mass is 9.97. The van der Waals surface area contributed by atoms with Gasteiger partial charge in [-0.1, -0.05) is 0 Å². The first-order chi connectivity index (χ1) is 13.1. The Bertz CT molecular complexity index is 771. The maximum Gasteiger partial charge on any atom is 0.224 e. The number of halogens is 1. The topological polar surface area (TPSA) is 44.7 Å².